The number of aromatic nitrogens is 2. The van der Waals surface area contributed by atoms with Gasteiger partial charge in [-0.2, -0.15) is 0 Å². The van der Waals surface area contributed by atoms with Crippen molar-refractivity contribution in [3.8, 4) is 23.1 Å². The Morgan fingerprint density at radius 1 is 1.05 bits per heavy atom. The lowest BCUT2D eigenvalue weighted by Crippen LogP contribution is -1.89. The van der Waals surface area contributed by atoms with Crippen LogP contribution in [0.1, 0.15) is 31.9 Å². The van der Waals surface area contributed by atoms with Crippen LogP contribution in [0.15, 0.2) is 54.7 Å². The molecule has 2 heteroatoms. The van der Waals surface area contributed by atoms with Crippen LogP contribution in [-0.2, 0) is 0 Å². The van der Waals surface area contributed by atoms with E-state index >= 15 is 0 Å². The van der Waals surface area contributed by atoms with Gasteiger partial charge >= 0.3 is 0 Å². The Morgan fingerprint density at radius 2 is 1.90 bits per heavy atom. The minimum absolute atomic E-state index is 0.941. The second-order valence-electron chi connectivity index (χ2n) is 5.04. The topological polar surface area (TPSA) is 17.3 Å². The van der Waals surface area contributed by atoms with E-state index in [1.54, 1.807) is 0 Å². The van der Waals surface area contributed by atoms with Gasteiger partial charge in [0.1, 0.15) is 5.65 Å². The molecule has 2 heterocycles. The van der Waals surface area contributed by atoms with E-state index < -0.39 is 0 Å². The number of rotatable bonds is 3. The van der Waals surface area contributed by atoms with Crippen LogP contribution >= 0.6 is 0 Å². The van der Waals surface area contributed by atoms with Crippen molar-refractivity contribution in [1.82, 2.24) is 9.38 Å². The highest BCUT2D eigenvalue weighted by molar-refractivity contribution is 5.63. The van der Waals surface area contributed by atoms with Gasteiger partial charge < -0.3 is 0 Å². The van der Waals surface area contributed by atoms with Gasteiger partial charge in [-0.05, 0) is 24.5 Å². The summed E-state index contributed by atoms with van der Waals surface area (Å²) >= 11 is 0. The number of fused-ring (bicyclic) bond motifs is 1. The highest BCUT2D eigenvalue weighted by atomic mass is 15.0. The van der Waals surface area contributed by atoms with Crippen LogP contribution in [0.2, 0.25) is 0 Å². The fraction of sp³-hybridized carbons (Fsp3) is 0.211. The molecule has 0 spiro atoms. The lowest BCUT2D eigenvalue weighted by atomic mass is 10.2. The van der Waals surface area contributed by atoms with E-state index in [1.165, 1.54) is 6.42 Å². The maximum atomic E-state index is 4.68. The van der Waals surface area contributed by atoms with Gasteiger partial charge in [-0.3, -0.25) is 4.40 Å². The SMILES string of the molecule is CCCCC#Cc1cccc2nc(-c3ccccc3)cn12. The summed E-state index contributed by atoms with van der Waals surface area (Å²) in [5, 5.41) is 0. The van der Waals surface area contributed by atoms with Crippen molar-refractivity contribution in [2.45, 2.75) is 26.2 Å². The average Bonchev–Trinajstić information content (AvgIpc) is 2.97. The molecule has 0 bridgehead atoms. The average molecular weight is 274 g/mol. The van der Waals surface area contributed by atoms with Crippen LogP contribution in [0.5, 0.6) is 0 Å². The Hall–Kier alpha value is -2.53. The third-order valence-electron chi connectivity index (χ3n) is 3.43. The van der Waals surface area contributed by atoms with E-state index in [0.29, 0.717) is 0 Å². The zero-order valence-corrected chi connectivity index (χ0v) is 12.2. The first-order valence-corrected chi connectivity index (χ1v) is 7.41. The molecule has 2 aromatic heterocycles. The van der Waals surface area contributed by atoms with Gasteiger partial charge in [0.25, 0.3) is 0 Å². The number of hydrogen-bond acceptors (Lipinski definition) is 1. The summed E-state index contributed by atoms with van der Waals surface area (Å²) in [4.78, 5) is 4.68. The molecule has 21 heavy (non-hydrogen) atoms. The first-order chi connectivity index (χ1) is 10.4. The monoisotopic (exact) mass is 274 g/mol. The molecule has 0 radical (unpaired) electrons. The van der Waals surface area contributed by atoms with E-state index in [2.05, 4.69) is 46.5 Å². The zero-order chi connectivity index (χ0) is 14.5. The highest BCUT2D eigenvalue weighted by Gasteiger charge is 2.05. The van der Waals surface area contributed by atoms with Crippen molar-refractivity contribution in [1.29, 1.82) is 0 Å². The minimum atomic E-state index is 0.941. The summed E-state index contributed by atoms with van der Waals surface area (Å²) in [5.74, 6) is 6.51. The molecule has 104 valence electrons. The number of pyridine rings is 1. The van der Waals surface area contributed by atoms with Crippen LogP contribution < -0.4 is 0 Å². The van der Waals surface area contributed by atoms with Crippen LogP contribution in [-0.4, -0.2) is 9.38 Å². The van der Waals surface area contributed by atoms with Crippen LogP contribution in [0.3, 0.4) is 0 Å². The van der Waals surface area contributed by atoms with Crippen molar-refractivity contribution in [3.05, 3.63) is 60.4 Å². The largest absolute Gasteiger partial charge is 0.292 e. The van der Waals surface area contributed by atoms with E-state index in [9.17, 15) is 0 Å². The molecular weight excluding hydrogens is 256 g/mol. The number of hydrogen-bond donors (Lipinski definition) is 0. The quantitative estimate of drug-likeness (QED) is 0.506. The molecule has 0 saturated carbocycles. The van der Waals surface area contributed by atoms with Crippen LogP contribution in [0, 0.1) is 11.8 Å². The summed E-state index contributed by atoms with van der Waals surface area (Å²) < 4.78 is 2.07. The standard InChI is InChI=1S/C19H18N2/c1-2-3-4-8-12-17-13-9-14-19-20-18(15-21(17)19)16-10-6-5-7-11-16/h5-7,9-11,13-15H,2-4H2,1H3. The fourth-order valence-electron chi connectivity index (χ4n) is 2.28. The molecule has 0 aliphatic carbocycles. The molecule has 0 saturated heterocycles. The van der Waals surface area contributed by atoms with Crippen molar-refractivity contribution in [3.63, 3.8) is 0 Å². The highest BCUT2D eigenvalue weighted by Crippen LogP contribution is 2.19. The molecule has 1 aromatic carbocycles. The lowest BCUT2D eigenvalue weighted by Gasteiger charge is -1.96. The van der Waals surface area contributed by atoms with Gasteiger partial charge in [0.2, 0.25) is 0 Å². The Balaban J connectivity index is 1.99. The molecule has 0 atom stereocenters. The second kappa shape index (κ2) is 6.28. The number of nitrogens with zero attached hydrogens (tertiary/aromatic N) is 2. The Labute approximate surface area is 125 Å². The molecule has 3 aromatic rings. The van der Waals surface area contributed by atoms with Gasteiger partial charge in [-0.25, -0.2) is 4.98 Å². The molecule has 0 fully saturated rings. The van der Waals surface area contributed by atoms with Crippen molar-refractivity contribution in [2.75, 3.05) is 0 Å². The van der Waals surface area contributed by atoms with Gasteiger partial charge in [0.15, 0.2) is 0 Å². The van der Waals surface area contributed by atoms with Gasteiger partial charge in [-0.1, -0.05) is 55.7 Å². The van der Waals surface area contributed by atoms with Crippen LogP contribution in [0.25, 0.3) is 16.9 Å². The van der Waals surface area contributed by atoms with E-state index in [-0.39, 0.29) is 0 Å². The van der Waals surface area contributed by atoms with E-state index in [0.717, 1.165) is 35.4 Å². The number of imidazole rings is 1. The molecular formula is C19H18N2. The molecule has 3 rings (SSSR count). The second-order valence-corrected chi connectivity index (χ2v) is 5.04. The normalized spacial score (nSPS) is 10.3. The number of benzene rings is 1. The summed E-state index contributed by atoms with van der Waals surface area (Å²) in [6.45, 7) is 2.18. The molecule has 0 aliphatic heterocycles. The third-order valence-corrected chi connectivity index (χ3v) is 3.43. The predicted molar refractivity (Wildman–Crippen MR) is 87.0 cm³/mol. The zero-order valence-electron chi connectivity index (χ0n) is 12.2. The molecule has 0 amide bonds. The minimum Gasteiger partial charge on any atom is -0.292 e. The van der Waals surface area contributed by atoms with Crippen molar-refractivity contribution < 1.29 is 0 Å². The van der Waals surface area contributed by atoms with Crippen molar-refractivity contribution >= 4 is 5.65 Å². The molecule has 0 N–H and O–H groups in total. The van der Waals surface area contributed by atoms with Gasteiger partial charge in [0.05, 0.1) is 11.4 Å². The summed E-state index contributed by atoms with van der Waals surface area (Å²) in [6.07, 6.45) is 5.35. The summed E-state index contributed by atoms with van der Waals surface area (Å²) in [5.41, 5.74) is 4.05. The van der Waals surface area contributed by atoms with E-state index in [1.807, 2.05) is 36.4 Å². The van der Waals surface area contributed by atoms with E-state index in [4.69, 9.17) is 0 Å². The van der Waals surface area contributed by atoms with Gasteiger partial charge in [-0.15, -0.1) is 0 Å². The molecule has 0 unspecified atom stereocenters. The van der Waals surface area contributed by atoms with Crippen LogP contribution in [0.4, 0.5) is 0 Å². The van der Waals surface area contributed by atoms with Gasteiger partial charge in [0, 0.05) is 18.2 Å². The first-order valence-electron chi connectivity index (χ1n) is 7.41. The maximum Gasteiger partial charge on any atom is 0.138 e. The summed E-state index contributed by atoms with van der Waals surface area (Å²) in [7, 11) is 0. The third kappa shape index (κ3) is 2.98. The Bertz CT molecular complexity index is 789. The Kier molecular flexibility index (Phi) is 4.02. The Morgan fingerprint density at radius 3 is 2.71 bits per heavy atom. The molecule has 0 aliphatic rings. The van der Waals surface area contributed by atoms with Crippen molar-refractivity contribution in [2.24, 2.45) is 0 Å². The molecule has 2 nitrogen and oxygen atoms in total. The first kappa shape index (κ1) is 13.5. The fourth-order valence-corrected chi connectivity index (χ4v) is 2.28. The number of unbranched alkanes of at least 4 members (excludes halogenated alkanes) is 2. The smallest absolute Gasteiger partial charge is 0.138 e. The maximum absolute atomic E-state index is 4.68. The predicted octanol–water partition coefficient (Wildman–Crippen LogP) is 4.54. The lowest BCUT2D eigenvalue weighted by molar-refractivity contribution is 0.828. The summed E-state index contributed by atoms with van der Waals surface area (Å²) in [6, 6.07) is 16.3.